The van der Waals surface area contributed by atoms with Gasteiger partial charge in [0.15, 0.2) is 17.3 Å². The van der Waals surface area contributed by atoms with Gasteiger partial charge in [-0.05, 0) is 50.3 Å². The number of nitrogens with zero attached hydrogens (tertiary/aromatic N) is 4. The standard InChI is InChI=1S/C24H25N5O3/c1-28-10-5-11-29(13-12-28)24(30)19-15-25-22(17-8-9-20-21(14-17)32-16-31-20)27-23(19)26-18-6-3-2-4-7-18/h2-4,6-9,14-15H,5,10-13,16H2,1H3,(H,25,26,27). The highest BCUT2D eigenvalue weighted by molar-refractivity contribution is 5.99. The molecule has 0 radical (unpaired) electrons. The summed E-state index contributed by atoms with van der Waals surface area (Å²) in [7, 11) is 2.08. The first-order chi connectivity index (χ1) is 15.7. The van der Waals surface area contributed by atoms with E-state index in [4.69, 9.17) is 14.5 Å². The van der Waals surface area contributed by atoms with Crippen LogP contribution in [0.3, 0.4) is 0 Å². The molecule has 8 nitrogen and oxygen atoms in total. The van der Waals surface area contributed by atoms with Crippen molar-refractivity contribution in [2.24, 2.45) is 0 Å². The Morgan fingerprint density at radius 2 is 1.84 bits per heavy atom. The highest BCUT2D eigenvalue weighted by Gasteiger charge is 2.24. The minimum atomic E-state index is -0.0593. The fourth-order valence-corrected chi connectivity index (χ4v) is 3.89. The van der Waals surface area contributed by atoms with Gasteiger partial charge in [0, 0.05) is 37.1 Å². The molecule has 0 spiro atoms. The maximum atomic E-state index is 13.4. The number of benzene rings is 2. The van der Waals surface area contributed by atoms with Crippen molar-refractivity contribution in [1.82, 2.24) is 19.8 Å². The van der Waals surface area contributed by atoms with Crippen molar-refractivity contribution in [3.8, 4) is 22.9 Å². The number of anilines is 2. The van der Waals surface area contributed by atoms with E-state index in [0.29, 0.717) is 35.2 Å². The van der Waals surface area contributed by atoms with Crippen LogP contribution < -0.4 is 14.8 Å². The molecule has 0 aliphatic carbocycles. The zero-order chi connectivity index (χ0) is 21.9. The molecule has 0 atom stereocenters. The fourth-order valence-electron chi connectivity index (χ4n) is 3.89. The molecule has 8 heteroatoms. The molecule has 1 N–H and O–H groups in total. The molecule has 2 aliphatic rings. The van der Waals surface area contributed by atoms with E-state index in [-0.39, 0.29) is 12.7 Å². The average molecular weight is 431 g/mol. The number of para-hydroxylation sites is 1. The molecule has 2 aromatic carbocycles. The molecular formula is C24H25N5O3. The van der Waals surface area contributed by atoms with E-state index in [1.165, 1.54) is 0 Å². The van der Waals surface area contributed by atoms with Crippen LogP contribution in [0.25, 0.3) is 11.4 Å². The fraction of sp³-hybridized carbons (Fsp3) is 0.292. The summed E-state index contributed by atoms with van der Waals surface area (Å²) in [6.07, 6.45) is 2.56. The second-order valence-electron chi connectivity index (χ2n) is 7.96. The Labute approximate surface area is 186 Å². The van der Waals surface area contributed by atoms with Gasteiger partial charge < -0.3 is 24.6 Å². The van der Waals surface area contributed by atoms with Crippen LogP contribution in [0.1, 0.15) is 16.8 Å². The third-order valence-electron chi connectivity index (χ3n) is 5.69. The lowest BCUT2D eigenvalue weighted by atomic mass is 10.1. The van der Waals surface area contributed by atoms with E-state index in [9.17, 15) is 4.79 Å². The number of likely N-dealkylation sites (N-methyl/N-ethyl adjacent to an activating group) is 1. The Bertz CT molecular complexity index is 1120. The first-order valence-corrected chi connectivity index (χ1v) is 10.7. The van der Waals surface area contributed by atoms with Crippen LogP contribution in [0.2, 0.25) is 0 Å². The number of hydrogen-bond acceptors (Lipinski definition) is 7. The van der Waals surface area contributed by atoms with Crippen molar-refractivity contribution in [2.45, 2.75) is 6.42 Å². The lowest BCUT2D eigenvalue weighted by molar-refractivity contribution is 0.0763. The molecule has 1 saturated heterocycles. The summed E-state index contributed by atoms with van der Waals surface area (Å²) in [5.74, 6) is 2.30. The largest absolute Gasteiger partial charge is 0.454 e. The highest BCUT2D eigenvalue weighted by atomic mass is 16.7. The molecule has 1 fully saturated rings. The van der Waals surface area contributed by atoms with Crippen LogP contribution in [-0.4, -0.2) is 65.7 Å². The van der Waals surface area contributed by atoms with Crippen molar-refractivity contribution < 1.29 is 14.3 Å². The third-order valence-corrected chi connectivity index (χ3v) is 5.69. The van der Waals surface area contributed by atoms with E-state index >= 15 is 0 Å². The number of nitrogens with one attached hydrogen (secondary N) is 1. The smallest absolute Gasteiger partial charge is 0.259 e. The summed E-state index contributed by atoms with van der Waals surface area (Å²) in [5.41, 5.74) is 2.11. The zero-order valence-electron chi connectivity index (χ0n) is 18.0. The molecule has 1 aromatic heterocycles. The number of aromatic nitrogens is 2. The summed E-state index contributed by atoms with van der Waals surface area (Å²) >= 11 is 0. The topological polar surface area (TPSA) is 79.8 Å². The maximum absolute atomic E-state index is 13.4. The monoisotopic (exact) mass is 431 g/mol. The predicted molar refractivity (Wildman–Crippen MR) is 121 cm³/mol. The van der Waals surface area contributed by atoms with Crippen molar-refractivity contribution in [3.63, 3.8) is 0 Å². The Balaban J connectivity index is 1.50. The molecular weight excluding hydrogens is 406 g/mol. The minimum Gasteiger partial charge on any atom is -0.454 e. The maximum Gasteiger partial charge on any atom is 0.259 e. The molecule has 0 unspecified atom stereocenters. The number of rotatable bonds is 4. The van der Waals surface area contributed by atoms with Crippen molar-refractivity contribution in [1.29, 1.82) is 0 Å². The summed E-state index contributed by atoms with van der Waals surface area (Å²) in [4.78, 5) is 26.8. The highest BCUT2D eigenvalue weighted by Crippen LogP contribution is 2.35. The Morgan fingerprint density at radius 1 is 1.00 bits per heavy atom. The van der Waals surface area contributed by atoms with E-state index in [2.05, 4.69) is 22.2 Å². The van der Waals surface area contributed by atoms with E-state index in [1.807, 2.05) is 53.4 Å². The van der Waals surface area contributed by atoms with Gasteiger partial charge in [0.1, 0.15) is 11.4 Å². The van der Waals surface area contributed by atoms with Gasteiger partial charge in [0.25, 0.3) is 5.91 Å². The number of fused-ring (bicyclic) bond motifs is 1. The summed E-state index contributed by atoms with van der Waals surface area (Å²) in [6.45, 7) is 3.45. The lowest BCUT2D eigenvalue weighted by Crippen LogP contribution is -2.35. The van der Waals surface area contributed by atoms with Crippen molar-refractivity contribution >= 4 is 17.4 Å². The number of ether oxygens (including phenoxy) is 2. The number of amides is 1. The van der Waals surface area contributed by atoms with E-state index < -0.39 is 0 Å². The molecule has 164 valence electrons. The summed E-state index contributed by atoms with van der Waals surface area (Å²) < 4.78 is 10.9. The van der Waals surface area contributed by atoms with E-state index in [0.717, 1.165) is 37.3 Å². The van der Waals surface area contributed by atoms with Crippen LogP contribution in [0.5, 0.6) is 11.5 Å². The zero-order valence-corrected chi connectivity index (χ0v) is 18.0. The number of carbonyl (C=O) groups is 1. The third kappa shape index (κ3) is 4.22. The van der Waals surface area contributed by atoms with Crippen LogP contribution >= 0.6 is 0 Å². The number of carbonyl (C=O) groups excluding carboxylic acids is 1. The predicted octanol–water partition coefficient (Wildman–Crippen LogP) is 3.39. The second kappa shape index (κ2) is 8.84. The molecule has 0 bridgehead atoms. The van der Waals surface area contributed by atoms with E-state index in [1.54, 1.807) is 6.20 Å². The van der Waals surface area contributed by atoms with Gasteiger partial charge in [0.05, 0.1) is 0 Å². The van der Waals surface area contributed by atoms with Gasteiger partial charge in [-0.1, -0.05) is 18.2 Å². The summed E-state index contributed by atoms with van der Waals surface area (Å²) in [5, 5.41) is 3.31. The number of hydrogen-bond donors (Lipinski definition) is 1. The van der Waals surface area contributed by atoms with Gasteiger partial charge in [0.2, 0.25) is 6.79 Å². The Morgan fingerprint density at radius 3 is 2.72 bits per heavy atom. The molecule has 2 aliphatic heterocycles. The van der Waals surface area contributed by atoms with Crippen LogP contribution in [0.15, 0.2) is 54.7 Å². The van der Waals surface area contributed by atoms with Gasteiger partial charge in [-0.3, -0.25) is 4.79 Å². The summed E-state index contributed by atoms with van der Waals surface area (Å²) in [6, 6.07) is 15.3. The van der Waals surface area contributed by atoms with Gasteiger partial charge in [-0.2, -0.15) is 0 Å². The molecule has 32 heavy (non-hydrogen) atoms. The van der Waals surface area contributed by atoms with Crippen LogP contribution in [-0.2, 0) is 0 Å². The minimum absolute atomic E-state index is 0.0593. The van der Waals surface area contributed by atoms with Gasteiger partial charge >= 0.3 is 0 Å². The van der Waals surface area contributed by atoms with Crippen LogP contribution in [0.4, 0.5) is 11.5 Å². The molecule has 1 amide bonds. The normalized spacial score (nSPS) is 16.0. The van der Waals surface area contributed by atoms with Gasteiger partial charge in [-0.15, -0.1) is 0 Å². The first kappa shape index (κ1) is 20.3. The first-order valence-electron chi connectivity index (χ1n) is 10.7. The van der Waals surface area contributed by atoms with Crippen molar-refractivity contribution in [3.05, 3.63) is 60.3 Å². The average Bonchev–Trinajstić information content (AvgIpc) is 3.19. The van der Waals surface area contributed by atoms with Crippen molar-refractivity contribution in [2.75, 3.05) is 45.3 Å². The van der Waals surface area contributed by atoms with Crippen LogP contribution in [0, 0.1) is 0 Å². The molecule has 3 heterocycles. The second-order valence-corrected chi connectivity index (χ2v) is 7.96. The molecule has 3 aromatic rings. The quantitative estimate of drug-likeness (QED) is 0.678. The SMILES string of the molecule is CN1CCCN(C(=O)c2cnc(-c3ccc4c(c3)OCO4)nc2Nc2ccccc2)CC1. The Hall–Kier alpha value is -3.65. The molecule has 0 saturated carbocycles. The molecule has 5 rings (SSSR count). The Kier molecular flexibility index (Phi) is 5.60. The van der Waals surface area contributed by atoms with Gasteiger partial charge in [-0.25, -0.2) is 9.97 Å². The lowest BCUT2D eigenvalue weighted by Gasteiger charge is -2.22.